The standard InChI is InChI=1S/C25H25N3O5S2/c1-14-21(22(29)27-20(23(30)31)11-12-34-2)35-24(26-14)28-25(32)33-13-19-17-9-5-3-7-15(17)16-8-4-6-10-18(16)19/h3-10,19-20H,11-13H2,1-2H3,(H,27,29)(H,30,31)(H,26,28,32)/t20-/m1/s1. The Labute approximate surface area is 211 Å². The largest absolute Gasteiger partial charge is 0.480 e. The highest BCUT2D eigenvalue weighted by molar-refractivity contribution is 7.98. The normalized spacial score (nSPS) is 13.0. The maximum atomic E-state index is 12.6. The van der Waals surface area contributed by atoms with Crippen LogP contribution in [0.3, 0.4) is 0 Å². The number of nitrogens with one attached hydrogen (secondary N) is 2. The van der Waals surface area contributed by atoms with Crippen LogP contribution in [0.15, 0.2) is 48.5 Å². The molecule has 3 aromatic rings. The number of benzene rings is 2. The van der Waals surface area contributed by atoms with Crippen LogP contribution in [0.5, 0.6) is 0 Å². The van der Waals surface area contributed by atoms with Gasteiger partial charge in [0.15, 0.2) is 5.13 Å². The summed E-state index contributed by atoms with van der Waals surface area (Å²) in [5, 5.41) is 14.7. The number of aryl methyl sites for hydroxylation is 1. The number of carboxylic acid groups (broad SMARTS) is 1. The van der Waals surface area contributed by atoms with Crippen molar-refractivity contribution in [2.24, 2.45) is 0 Å². The van der Waals surface area contributed by atoms with Gasteiger partial charge < -0.3 is 15.2 Å². The summed E-state index contributed by atoms with van der Waals surface area (Å²) in [5.74, 6) is -1.09. The van der Waals surface area contributed by atoms with Crippen LogP contribution in [0.1, 0.15) is 38.8 Å². The van der Waals surface area contributed by atoms with Gasteiger partial charge in [0.1, 0.15) is 17.5 Å². The molecule has 0 spiro atoms. The first kappa shape index (κ1) is 24.7. The summed E-state index contributed by atoms with van der Waals surface area (Å²) < 4.78 is 5.53. The maximum Gasteiger partial charge on any atom is 0.413 e. The van der Waals surface area contributed by atoms with Gasteiger partial charge in [-0.1, -0.05) is 59.9 Å². The molecule has 35 heavy (non-hydrogen) atoms. The first-order chi connectivity index (χ1) is 16.9. The predicted molar refractivity (Wildman–Crippen MR) is 137 cm³/mol. The van der Waals surface area contributed by atoms with Crippen LogP contribution >= 0.6 is 23.1 Å². The van der Waals surface area contributed by atoms with E-state index in [1.165, 1.54) is 11.8 Å². The van der Waals surface area contributed by atoms with Gasteiger partial charge in [-0.05, 0) is 47.6 Å². The van der Waals surface area contributed by atoms with Gasteiger partial charge in [-0.15, -0.1) is 0 Å². The van der Waals surface area contributed by atoms with Crippen LogP contribution < -0.4 is 10.6 Å². The number of thiazole rings is 1. The lowest BCUT2D eigenvalue weighted by atomic mass is 9.98. The van der Waals surface area contributed by atoms with Gasteiger partial charge in [0.25, 0.3) is 5.91 Å². The summed E-state index contributed by atoms with van der Waals surface area (Å²) >= 11 is 2.48. The van der Waals surface area contributed by atoms with Gasteiger partial charge in [-0.2, -0.15) is 11.8 Å². The number of carboxylic acids is 1. The third-order valence-electron chi connectivity index (χ3n) is 5.77. The second kappa shape index (κ2) is 10.9. The second-order valence-corrected chi connectivity index (χ2v) is 10.0. The van der Waals surface area contributed by atoms with E-state index in [1.54, 1.807) is 6.92 Å². The van der Waals surface area contributed by atoms with E-state index in [0.29, 0.717) is 17.9 Å². The van der Waals surface area contributed by atoms with Crippen molar-refractivity contribution in [1.29, 1.82) is 0 Å². The molecule has 0 aliphatic heterocycles. The van der Waals surface area contributed by atoms with Crippen LogP contribution in [0.4, 0.5) is 9.93 Å². The van der Waals surface area contributed by atoms with E-state index < -0.39 is 24.0 Å². The molecule has 0 saturated carbocycles. The molecule has 0 saturated heterocycles. The van der Waals surface area contributed by atoms with Gasteiger partial charge in [0.2, 0.25) is 0 Å². The van der Waals surface area contributed by atoms with Crippen LogP contribution in [0, 0.1) is 6.92 Å². The highest BCUT2D eigenvalue weighted by atomic mass is 32.2. The van der Waals surface area contributed by atoms with Gasteiger partial charge in [-0.25, -0.2) is 14.6 Å². The fourth-order valence-electron chi connectivity index (χ4n) is 4.10. The minimum absolute atomic E-state index is 0.0678. The first-order valence-corrected chi connectivity index (χ1v) is 13.2. The van der Waals surface area contributed by atoms with E-state index in [4.69, 9.17) is 4.74 Å². The molecule has 1 aromatic heterocycles. The Morgan fingerprint density at radius 3 is 2.34 bits per heavy atom. The Balaban J connectivity index is 1.39. The molecular weight excluding hydrogens is 486 g/mol. The third kappa shape index (κ3) is 5.49. The fourth-order valence-corrected chi connectivity index (χ4v) is 5.43. The van der Waals surface area contributed by atoms with Crippen molar-refractivity contribution in [3.05, 3.63) is 70.2 Å². The molecule has 1 atom stereocenters. The molecule has 1 heterocycles. The number of anilines is 1. The number of rotatable bonds is 9. The summed E-state index contributed by atoms with van der Waals surface area (Å²) in [4.78, 5) is 41.1. The number of fused-ring (bicyclic) bond motifs is 3. The van der Waals surface area contributed by atoms with Crippen molar-refractivity contribution in [3.63, 3.8) is 0 Å². The Morgan fingerprint density at radius 2 is 1.74 bits per heavy atom. The average Bonchev–Trinajstić information content (AvgIpc) is 3.37. The molecule has 1 aliphatic carbocycles. The number of thioether (sulfide) groups is 1. The van der Waals surface area contributed by atoms with E-state index >= 15 is 0 Å². The highest BCUT2D eigenvalue weighted by Crippen LogP contribution is 2.44. The summed E-state index contributed by atoms with van der Waals surface area (Å²) in [6, 6.07) is 15.1. The average molecular weight is 512 g/mol. The Kier molecular flexibility index (Phi) is 7.72. The summed E-state index contributed by atoms with van der Waals surface area (Å²) in [7, 11) is 0. The Bertz CT molecular complexity index is 1210. The maximum absolute atomic E-state index is 12.6. The van der Waals surface area contributed by atoms with Gasteiger partial charge in [-0.3, -0.25) is 10.1 Å². The first-order valence-electron chi connectivity index (χ1n) is 11.0. The molecule has 0 bridgehead atoms. The summed E-state index contributed by atoms with van der Waals surface area (Å²) in [6.07, 6.45) is 1.51. The SMILES string of the molecule is CSCC[C@@H](NC(=O)c1sc(NC(=O)OCC2c3ccccc3-c3ccccc32)nc1C)C(=O)O. The zero-order valence-electron chi connectivity index (χ0n) is 19.2. The third-order valence-corrected chi connectivity index (χ3v) is 7.49. The van der Waals surface area contributed by atoms with E-state index in [-0.39, 0.29) is 22.5 Å². The quantitative estimate of drug-likeness (QED) is 0.379. The monoisotopic (exact) mass is 511 g/mol. The number of ether oxygens (including phenoxy) is 1. The van der Waals surface area contributed by atoms with E-state index in [9.17, 15) is 19.5 Å². The van der Waals surface area contributed by atoms with Crippen LogP contribution in [0.25, 0.3) is 11.1 Å². The number of aliphatic carboxylic acids is 1. The van der Waals surface area contributed by atoms with Gasteiger partial charge in [0.05, 0.1) is 5.69 Å². The fraction of sp³-hybridized carbons (Fsp3) is 0.280. The molecule has 10 heteroatoms. The number of hydrogen-bond acceptors (Lipinski definition) is 7. The van der Waals surface area contributed by atoms with Crippen molar-refractivity contribution >= 4 is 46.2 Å². The van der Waals surface area contributed by atoms with Crippen molar-refractivity contribution in [3.8, 4) is 11.1 Å². The van der Waals surface area contributed by atoms with Crippen molar-refractivity contribution in [2.75, 3.05) is 23.9 Å². The number of carbonyl (C=O) groups excluding carboxylic acids is 2. The van der Waals surface area contributed by atoms with Crippen molar-refractivity contribution in [2.45, 2.75) is 25.3 Å². The van der Waals surface area contributed by atoms with E-state index in [1.807, 2.05) is 42.7 Å². The molecular formula is C25H25N3O5S2. The molecule has 3 N–H and O–H groups in total. The zero-order valence-corrected chi connectivity index (χ0v) is 20.9. The molecule has 0 unspecified atom stereocenters. The lowest BCUT2D eigenvalue weighted by Crippen LogP contribution is -2.41. The van der Waals surface area contributed by atoms with Gasteiger partial charge >= 0.3 is 12.1 Å². The summed E-state index contributed by atoms with van der Waals surface area (Å²) in [6.45, 7) is 1.79. The number of amides is 2. The topological polar surface area (TPSA) is 118 Å². The number of nitrogens with zero attached hydrogens (tertiary/aromatic N) is 1. The van der Waals surface area contributed by atoms with Crippen molar-refractivity contribution < 1.29 is 24.2 Å². The molecule has 2 amide bonds. The van der Waals surface area contributed by atoms with Crippen LogP contribution in [-0.4, -0.2) is 52.7 Å². The molecule has 182 valence electrons. The summed E-state index contributed by atoms with van der Waals surface area (Å²) in [5.41, 5.74) is 4.90. The number of carbonyl (C=O) groups is 3. The minimum atomic E-state index is -1.09. The Hall–Kier alpha value is -3.37. The van der Waals surface area contributed by atoms with Crippen LogP contribution in [0.2, 0.25) is 0 Å². The van der Waals surface area contributed by atoms with Gasteiger partial charge in [0, 0.05) is 5.92 Å². The number of hydrogen-bond donors (Lipinski definition) is 3. The molecule has 1 aliphatic rings. The zero-order chi connectivity index (χ0) is 24.9. The van der Waals surface area contributed by atoms with E-state index in [0.717, 1.165) is 33.6 Å². The second-order valence-electron chi connectivity index (χ2n) is 8.03. The smallest absolute Gasteiger partial charge is 0.413 e. The molecule has 4 rings (SSSR count). The Morgan fingerprint density at radius 1 is 1.11 bits per heavy atom. The van der Waals surface area contributed by atoms with E-state index in [2.05, 4.69) is 27.8 Å². The number of aromatic nitrogens is 1. The van der Waals surface area contributed by atoms with Crippen LogP contribution in [-0.2, 0) is 9.53 Å². The lowest BCUT2D eigenvalue weighted by Gasteiger charge is -2.14. The molecule has 2 aromatic carbocycles. The highest BCUT2D eigenvalue weighted by Gasteiger charge is 2.29. The molecule has 0 radical (unpaired) electrons. The lowest BCUT2D eigenvalue weighted by molar-refractivity contribution is -0.139. The minimum Gasteiger partial charge on any atom is -0.480 e. The molecule has 0 fully saturated rings. The predicted octanol–water partition coefficient (Wildman–Crippen LogP) is 4.75. The van der Waals surface area contributed by atoms with Crippen molar-refractivity contribution in [1.82, 2.24) is 10.3 Å². The molecule has 8 nitrogen and oxygen atoms in total.